The van der Waals surface area contributed by atoms with Crippen molar-refractivity contribution < 1.29 is 9.53 Å². The van der Waals surface area contributed by atoms with Gasteiger partial charge in [0.25, 0.3) is 0 Å². The fraction of sp³-hybridized carbons (Fsp3) is 0.500. The molecule has 1 amide bonds. The second kappa shape index (κ2) is 6.40. The maximum atomic E-state index is 11.6. The molecule has 1 fully saturated rings. The third-order valence-electron chi connectivity index (χ3n) is 3.01. The first-order valence-corrected chi connectivity index (χ1v) is 6.43. The van der Waals surface area contributed by atoms with E-state index >= 15 is 0 Å². The lowest BCUT2D eigenvalue weighted by Crippen LogP contribution is -2.36. The summed E-state index contributed by atoms with van der Waals surface area (Å²) >= 11 is 0. The van der Waals surface area contributed by atoms with Gasteiger partial charge in [-0.2, -0.15) is 0 Å². The molecule has 1 saturated heterocycles. The number of ether oxygens (including phenoxy) is 1. The Hall–Kier alpha value is -1.55. The zero-order chi connectivity index (χ0) is 12.8. The largest absolute Gasteiger partial charge is 0.493 e. The molecule has 1 aliphatic heterocycles. The van der Waals surface area contributed by atoms with Crippen LogP contribution in [-0.2, 0) is 4.79 Å². The Labute approximate surface area is 108 Å². The van der Waals surface area contributed by atoms with Gasteiger partial charge in [0, 0.05) is 12.6 Å². The van der Waals surface area contributed by atoms with Crippen molar-refractivity contribution in [3.05, 3.63) is 29.8 Å². The number of carbonyl (C=O) groups excluding carboxylic acids is 1. The average Bonchev–Trinajstić information content (AvgIpc) is 2.82. The first-order valence-electron chi connectivity index (χ1n) is 6.43. The van der Waals surface area contributed by atoms with Crippen molar-refractivity contribution in [2.24, 2.45) is 0 Å². The van der Waals surface area contributed by atoms with Gasteiger partial charge in [-0.15, -0.1) is 0 Å². The smallest absolute Gasteiger partial charge is 0.223 e. The maximum absolute atomic E-state index is 11.6. The second-order valence-electron chi connectivity index (χ2n) is 4.67. The number of rotatable bonds is 5. The molecule has 0 spiro atoms. The van der Waals surface area contributed by atoms with Gasteiger partial charge in [0.15, 0.2) is 0 Å². The fourth-order valence-corrected chi connectivity index (χ4v) is 2.04. The minimum absolute atomic E-state index is 0.0661. The van der Waals surface area contributed by atoms with E-state index in [9.17, 15) is 4.79 Å². The Morgan fingerprint density at radius 2 is 2.44 bits per heavy atom. The molecule has 1 aromatic rings. The number of nitrogens with one attached hydrogen (secondary N) is 2. The minimum atomic E-state index is 0.0661. The average molecular weight is 248 g/mol. The molecule has 18 heavy (non-hydrogen) atoms. The van der Waals surface area contributed by atoms with Gasteiger partial charge in [0.05, 0.1) is 13.0 Å². The summed E-state index contributed by atoms with van der Waals surface area (Å²) in [5.41, 5.74) is 1.16. The molecule has 0 saturated carbocycles. The van der Waals surface area contributed by atoms with Gasteiger partial charge in [-0.25, -0.2) is 0 Å². The molecule has 0 bridgehead atoms. The highest BCUT2D eigenvalue weighted by molar-refractivity contribution is 5.76. The predicted molar refractivity (Wildman–Crippen MR) is 70.7 cm³/mol. The lowest BCUT2D eigenvalue weighted by molar-refractivity contribution is -0.122. The standard InChI is InChI=1S/C14H20N2O2/c1-11-3-2-4-13(9-11)18-8-6-14(17)16-12-5-7-15-10-12/h2-4,9,12,15H,5-8,10H2,1H3,(H,16,17)/t12-/m0/s1. The molecule has 0 aliphatic carbocycles. The van der Waals surface area contributed by atoms with Crippen LogP contribution in [0.1, 0.15) is 18.4 Å². The zero-order valence-electron chi connectivity index (χ0n) is 10.7. The maximum Gasteiger partial charge on any atom is 0.223 e. The first-order chi connectivity index (χ1) is 8.74. The van der Waals surface area contributed by atoms with E-state index in [0.29, 0.717) is 13.0 Å². The number of aryl methyl sites for hydroxylation is 1. The van der Waals surface area contributed by atoms with Gasteiger partial charge in [0.1, 0.15) is 5.75 Å². The fourth-order valence-electron chi connectivity index (χ4n) is 2.04. The molecule has 0 radical (unpaired) electrons. The van der Waals surface area contributed by atoms with Crippen LogP contribution in [0, 0.1) is 6.92 Å². The van der Waals surface area contributed by atoms with Gasteiger partial charge in [-0.05, 0) is 37.6 Å². The Bertz CT molecular complexity index is 401. The van der Waals surface area contributed by atoms with E-state index in [1.54, 1.807) is 0 Å². The van der Waals surface area contributed by atoms with Crippen molar-refractivity contribution in [2.75, 3.05) is 19.7 Å². The minimum Gasteiger partial charge on any atom is -0.493 e. The second-order valence-corrected chi connectivity index (χ2v) is 4.67. The Morgan fingerprint density at radius 1 is 1.56 bits per heavy atom. The van der Waals surface area contributed by atoms with Crippen molar-refractivity contribution in [1.82, 2.24) is 10.6 Å². The molecular weight excluding hydrogens is 228 g/mol. The summed E-state index contributed by atoms with van der Waals surface area (Å²) in [5, 5.41) is 6.21. The van der Waals surface area contributed by atoms with Crippen molar-refractivity contribution in [1.29, 1.82) is 0 Å². The summed E-state index contributed by atoms with van der Waals surface area (Å²) in [4.78, 5) is 11.6. The molecule has 1 aliphatic rings. The lowest BCUT2D eigenvalue weighted by atomic mass is 10.2. The molecule has 1 heterocycles. The highest BCUT2D eigenvalue weighted by atomic mass is 16.5. The van der Waals surface area contributed by atoms with E-state index in [4.69, 9.17) is 4.74 Å². The zero-order valence-corrected chi connectivity index (χ0v) is 10.7. The molecule has 1 aromatic carbocycles. The van der Waals surface area contributed by atoms with E-state index in [-0.39, 0.29) is 11.9 Å². The monoisotopic (exact) mass is 248 g/mol. The summed E-state index contributed by atoms with van der Waals surface area (Å²) in [5.74, 6) is 0.890. The van der Waals surface area contributed by atoms with E-state index < -0.39 is 0 Å². The summed E-state index contributed by atoms with van der Waals surface area (Å²) in [6, 6.07) is 8.14. The summed E-state index contributed by atoms with van der Waals surface area (Å²) in [6.07, 6.45) is 1.43. The quantitative estimate of drug-likeness (QED) is 0.824. The van der Waals surface area contributed by atoms with E-state index in [1.807, 2.05) is 31.2 Å². The van der Waals surface area contributed by atoms with E-state index in [0.717, 1.165) is 30.8 Å². The lowest BCUT2D eigenvalue weighted by Gasteiger charge is -2.11. The number of carbonyl (C=O) groups is 1. The molecule has 4 heteroatoms. The van der Waals surface area contributed by atoms with Crippen LogP contribution >= 0.6 is 0 Å². The SMILES string of the molecule is Cc1cccc(OCCC(=O)N[C@H]2CCNC2)c1. The van der Waals surface area contributed by atoms with Crippen LogP contribution in [0.5, 0.6) is 5.75 Å². The van der Waals surface area contributed by atoms with Crippen LogP contribution in [-0.4, -0.2) is 31.6 Å². The number of hydrogen-bond acceptors (Lipinski definition) is 3. The van der Waals surface area contributed by atoms with Gasteiger partial charge >= 0.3 is 0 Å². The van der Waals surface area contributed by atoms with Gasteiger partial charge in [0.2, 0.25) is 5.91 Å². The van der Waals surface area contributed by atoms with Gasteiger partial charge in [-0.3, -0.25) is 4.79 Å². The Kier molecular flexibility index (Phi) is 4.59. The van der Waals surface area contributed by atoms with Crippen molar-refractivity contribution in [3.8, 4) is 5.75 Å². The normalized spacial score (nSPS) is 18.6. The van der Waals surface area contributed by atoms with Crippen molar-refractivity contribution >= 4 is 5.91 Å². The van der Waals surface area contributed by atoms with Crippen LogP contribution in [0.25, 0.3) is 0 Å². The van der Waals surface area contributed by atoms with Gasteiger partial charge < -0.3 is 15.4 Å². The van der Waals surface area contributed by atoms with Gasteiger partial charge in [-0.1, -0.05) is 12.1 Å². The topological polar surface area (TPSA) is 50.4 Å². The van der Waals surface area contributed by atoms with Crippen LogP contribution < -0.4 is 15.4 Å². The van der Waals surface area contributed by atoms with Crippen LogP contribution in [0.4, 0.5) is 0 Å². The third kappa shape index (κ3) is 4.04. The van der Waals surface area contributed by atoms with E-state index in [2.05, 4.69) is 10.6 Å². The van der Waals surface area contributed by atoms with E-state index in [1.165, 1.54) is 0 Å². The van der Waals surface area contributed by atoms with Crippen molar-refractivity contribution in [3.63, 3.8) is 0 Å². The van der Waals surface area contributed by atoms with Crippen LogP contribution in [0.3, 0.4) is 0 Å². The van der Waals surface area contributed by atoms with Crippen molar-refractivity contribution in [2.45, 2.75) is 25.8 Å². The Balaban J connectivity index is 1.66. The number of hydrogen-bond donors (Lipinski definition) is 2. The molecule has 1 atom stereocenters. The Morgan fingerprint density at radius 3 is 3.17 bits per heavy atom. The van der Waals surface area contributed by atoms with Crippen LogP contribution in [0.15, 0.2) is 24.3 Å². The molecule has 0 unspecified atom stereocenters. The molecule has 0 aromatic heterocycles. The predicted octanol–water partition coefficient (Wildman–Crippen LogP) is 1.24. The molecule has 2 N–H and O–H groups in total. The molecule has 2 rings (SSSR count). The molecule has 4 nitrogen and oxygen atoms in total. The highest BCUT2D eigenvalue weighted by Crippen LogP contribution is 2.12. The highest BCUT2D eigenvalue weighted by Gasteiger charge is 2.16. The first kappa shape index (κ1) is 12.9. The molecule has 98 valence electrons. The summed E-state index contributed by atoms with van der Waals surface area (Å²) in [6.45, 7) is 4.32. The third-order valence-corrected chi connectivity index (χ3v) is 3.01. The summed E-state index contributed by atoms with van der Waals surface area (Å²) in [7, 11) is 0. The number of benzene rings is 1. The number of amides is 1. The molecular formula is C14H20N2O2. The van der Waals surface area contributed by atoms with Crippen LogP contribution in [0.2, 0.25) is 0 Å². The summed E-state index contributed by atoms with van der Waals surface area (Å²) < 4.78 is 5.55.